The van der Waals surface area contributed by atoms with E-state index in [0.29, 0.717) is 12.6 Å². The number of para-hydroxylation sites is 1. The Kier molecular flexibility index (Phi) is 2.90. The van der Waals surface area contributed by atoms with Crippen molar-refractivity contribution in [1.82, 2.24) is 9.97 Å². The lowest BCUT2D eigenvalue weighted by Crippen LogP contribution is -2.12. The largest absolute Gasteiger partial charge is 0.464 e. The van der Waals surface area contributed by atoms with Crippen molar-refractivity contribution in [3.63, 3.8) is 0 Å². The van der Waals surface area contributed by atoms with E-state index in [4.69, 9.17) is 4.74 Å². The zero-order valence-corrected chi connectivity index (χ0v) is 9.77. The van der Waals surface area contributed by atoms with Gasteiger partial charge in [-0.15, -0.1) is 0 Å². The molecule has 0 spiro atoms. The van der Waals surface area contributed by atoms with Gasteiger partial charge in [-0.2, -0.15) is 9.97 Å². The second kappa shape index (κ2) is 4.35. The molecule has 0 aliphatic heterocycles. The second-order valence-electron chi connectivity index (χ2n) is 3.67. The summed E-state index contributed by atoms with van der Waals surface area (Å²) in [4.78, 5) is 10.7. The average Bonchev–Trinajstić information content (AvgIpc) is 2.28. The number of hydrogen-bond donors (Lipinski definition) is 0. The fourth-order valence-corrected chi connectivity index (χ4v) is 1.57. The van der Waals surface area contributed by atoms with Crippen LogP contribution in [0.25, 0.3) is 10.9 Å². The van der Waals surface area contributed by atoms with E-state index in [1.54, 1.807) is 0 Å². The van der Waals surface area contributed by atoms with Crippen LogP contribution in [0.3, 0.4) is 0 Å². The van der Waals surface area contributed by atoms with Crippen LogP contribution in [0.15, 0.2) is 24.3 Å². The summed E-state index contributed by atoms with van der Waals surface area (Å²) in [6, 6.07) is 8.36. The van der Waals surface area contributed by atoms with E-state index in [2.05, 4.69) is 9.97 Å². The Morgan fingerprint density at radius 3 is 2.62 bits per heavy atom. The van der Waals surface area contributed by atoms with Crippen molar-refractivity contribution in [2.45, 2.75) is 6.92 Å². The van der Waals surface area contributed by atoms with Gasteiger partial charge in [-0.3, -0.25) is 0 Å². The van der Waals surface area contributed by atoms with E-state index in [1.165, 1.54) is 0 Å². The molecule has 1 aromatic heterocycles. The Bertz CT molecular complexity index is 497. The third-order valence-electron chi connectivity index (χ3n) is 2.26. The molecule has 2 aromatic rings. The minimum Gasteiger partial charge on any atom is -0.464 e. The van der Waals surface area contributed by atoms with E-state index < -0.39 is 0 Å². The molecule has 0 aliphatic rings. The first-order valence-electron chi connectivity index (χ1n) is 5.29. The van der Waals surface area contributed by atoms with Crippen molar-refractivity contribution in [1.29, 1.82) is 0 Å². The molecule has 0 radical (unpaired) electrons. The van der Waals surface area contributed by atoms with Crippen molar-refractivity contribution in [2.75, 3.05) is 25.6 Å². The molecular weight excluding hydrogens is 202 g/mol. The van der Waals surface area contributed by atoms with E-state index in [0.717, 1.165) is 16.7 Å². The van der Waals surface area contributed by atoms with Gasteiger partial charge in [-0.05, 0) is 19.1 Å². The van der Waals surface area contributed by atoms with Gasteiger partial charge < -0.3 is 9.64 Å². The molecule has 1 heterocycles. The van der Waals surface area contributed by atoms with Gasteiger partial charge in [0.1, 0.15) is 5.82 Å². The molecule has 0 amide bonds. The molecule has 0 atom stereocenters. The summed E-state index contributed by atoms with van der Waals surface area (Å²) in [5.74, 6) is 0.883. The van der Waals surface area contributed by atoms with Crippen LogP contribution < -0.4 is 9.64 Å². The Morgan fingerprint density at radius 1 is 1.19 bits per heavy atom. The van der Waals surface area contributed by atoms with Crippen LogP contribution in [0.5, 0.6) is 6.01 Å². The van der Waals surface area contributed by atoms with Crippen LogP contribution in [-0.2, 0) is 0 Å². The molecule has 0 N–H and O–H groups in total. The normalized spacial score (nSPS) is 10.4. The summed E-state index contributed by atoms with van der Waals surface area (Å²) < 4.78 is 5.36. The molecule has 0 unspecified atom stereocenters. The number of anilines is 1. The first kappa shape index (κ1) is 10.7. The number of ether oxygens (including phenoxy) is 1. The molecule has 0 aliphatic carbocycles. The highest BCUT2D eigenvalue weighted by Crippen LogP contribution is 2.24. The minimum atomic E-state index is 0.435. The van der Waals surface area contributed by atoms with E-state index in [1.807, 2.05) is 50.2 Å². The maximum absolute atomic E-state index is 5.36. The Hall–Kier alpha value is -1.84. The topological polar surface area (TPSA) is 38.2 Å². The van der Waals surface area contributed by atoms with Gasteiger partial charge in [0.15, 0.2) is 0 Å². The van der Waals surface area contributed by atoms with Gasteiger partial charge in [-0.1, -0.05) is 12.1 Å². The summed E-state index contributed by atoms with van der Waals surface area (Å²) in [5, 5.41) is 1.04. The van der Waals surface area contributed by atoms with E-state index in [-0.39, 0.29) is 0 Å². The van der Waals surface area contributed by atoms with Crippen LogP contribution in [0.2, 0.25) is 0 Å². The monoisotopic (exact) mass is 217 g/mol. The number of benzene rings is 1. The fraction of sp³-hybridized carbons (Fsp3) is 0.333. The highest BCUT2D eigenvalue weighted by atomic mass is 16.5. The second-order valence-corrected chi connectivity index (χ2v) is 3.67. The number of fused-ring (bicyclic) bond motifs is 1. The summed E-state index contributed by atoms with van der Waals surface area (Å²) in [6.07, 6.45) is 0. The van der Waals surface area contributed by atoms with Gasteiger partial charge in [0, 0.05) is 19.5 Å². The number of nitrogens with zero attached hydrogens (tertiary/aromatic N) is 3. The molecule has 1 aromatic carbocycles. The third kappa shape index (κ3) is 1.91. The lowest BCUT2D eigenvalue weighted by atomic mass is 10.2. The molecule has 0 fully saturated rings. The molecular formula is C12H15N3O. The number of hydrogen-bond acceptors (Lipinski definition) is 4. The highest BCUT2D eigenvalue weighted by Gasteiger charge is 2.08. The van der Waals surface area contributed by atoms with Gasteiger partial charge >= 0.3 is 6.01 Å². The minimum absolute atomic E-state index is 0.435. The Balaban J connectivity index is 2.64. The molecule has 4 nitrogen and oxygen atoms in total. The maximum Gasteiger partial charge on any atom is 0.318 e. The van der Waals surface area contributed by atoms with Crippen molar-refractivity contribution < 1.29 is 4.74 Å². The van der Waals surface area contributed by atoms with Gasteiger partial charge in [0.25, 0.3) is 0 Å². The van der Waals surface area contributed by atoms with Crippen LogP contribution in [-0.4, -0.2) is 30.7 Å². The van der Waals surface area contributed by atoms with Crippen molar-refractivity contribution >= 4 is 16.7 Å². The van der Waals surface area contributed by atoms with Gasteiger partial charge in [-0.25, -0.2) is 0 Å². The zero-order chi connectivity index (χ0) is 11.5. The molecule has 0 saturated carbocycles. The summed E-state index contributed by atoms with van der Waals surface area (Å²) >= 11 is 0. The molecule has 0 bridgehead atoms. The van der Waals surface area contributed by atoms with E-state index >= 15 is 0 Å². The first-order chi connectivity index (χ1) is 7.72. The quantitative estimate of drug-likeness (QED) is 0.789. The SMILES string of the molecule is CCOc1nc(N(C)C)c2ccccc2n1. The van der Waals surface area contributed by atoms with Crippen molar-refractivity contribution in [3.8, 4) is 6.01 Å². The summed E-state index contributed by atoms with van der Waals surface area (Å²) in [5.41, 5.74) is 0.907. The predicted molar refractivity (Wildman–Crippen MR) is 65.0 cm³/mol. The summed E-state index contributed by atoms with van der Waals surface area (Å²) in [6.45, 7) is 2.50. The van der Waals surface area contributed by atoms with Crippen LogP contribution in [0.4, 0.5) is 5.82 Å². The van der Waals surface area contributed by atoms with Crippen LogP contribution in [0.1, 0.15) is 6.92 Å². The lowest BCUT2D eigenvalue weighted by molar-refractivity contribution is 0.314. The van der Waals surface area contributed by atoms with Crippen LogP contribution >= 0.6 is 0 Å². The van der Waals surface area contributed by atoms with Gasteiger partial charge in [0.2, 0.25) is 0 Å². The molecule has 16 heavy (non-hydrogen) atoms. The number of aromatic nitrogens is 2. The third-order valence-corrected chi connectivity index (χ3v) is 2.26. The smallest absolute Gasteiger partial charge is 0.318 e. The Labute approximate surface area is 94.9 Å². The fourth-order valence-electron chi connectivity index (χ4n) is 1.57. The van der Waals surface area contributed by atoms with Gasteiger partial charge in [0.05, 0.1) is 12.1 Å². The molecule has 4 heteroatoms. The maximum atomic E-state index is 5.36. The number of rotatable bonds is 3. The molecule has 2 rings (SSSR count). The highest BCUT2D eigenvalue weighted by molar-refractivity contribution is 5.89. The lowest BCUT2D eigenvalue weighted by Gasteiger charge is -2.14. The van der Waals surface area contributed by atoms with Crippen LogP contribution in [0, 0.1) is 0 Å². The van der Waals surface area contributed by atoms with Crippen molar-refractivity contribution in [2.24, 2.45) is 0 Å². The van der Waals surface area contributed by atoms with Crippen molar-refractivity contribution in [3.05, 3.63) is 24.3 Å². The standard InChI is InChI=1S/C12H15N3O/c1-4-16-12-13-10-8-6-5-7-9(10)11(14-12)15(2)3/h5-8H,4H2,1-3H3. The summed E-state index contributed by atoms with van der Waals surface area (Å²) in [7, 11) is 3.93. The van der Waals surface area contributed by atoms with E-state index in [9.17, 15) is 0 Å². The molecule has 84 valence electrons. The predicted octanol–water partition coefficient (Wildman–Crippen LogP) is 2.09. The molecule has 0 saturated heterocycles. The Morgan fingerprint density at radius 2 is 1.94 bits per heavy atom. The zero-order valence-electron chi connectivity index (χ0n) is 9.77. The average molecular weight is 217 g/mol. The first-order valence-corrected chi connectivity index (χ1v) is 5.29.